The van der Waals surface area contributed by atoms with E-state index in [9.17, 15) is 33.9 Å². The van der Waals surface area contributed by atoms with E-state index in [1.807, 2.05) is 76.4 Å². The van der Waals surface area contributed by atoms with Crippen molar-refractivity contribution in [1.82, 2.24) is 30.8 Å². The molecular weight excluding hydrogens is 947 g/mol. The van der Waals surface area contributed by atoms with Gasteiger partial charge in [-0.15, -0.1) is 11.3 Å². The Labute approximate surface area is 421 Å². The van der Waals surface area contributed by atoms with Gasteiger partial charge in [0.05, 0.1) is 68.4 Å². The van der Waals surface area contributed by atoms with Crippen molar-refractivity contribution in [2.24, 2.45) is 5.41 Å². The summed E-state index contributed by atoms with van der Waals surface area (Å²) in [4.78, 5) is 87.0. The molecule has 21 heteroatoms. The van der Waals surface area contributed by atoms with Crippen LogP contribution in [0.3, 0.4) is 0 Å². The molecule has 6 rings (SSSR count). The minimum atomic E-state index is -0.987. The van der Waals surface area contributed by atoms with Gasteiger partial charge in [0.25, 0.3) is 0 Å². The average Bonchev–Trinajstić information content (AvgIpc) is 4.11. The molecule has 2 aromatic heterocycles. The number of hydrogen-bond donors (Lipinski definition) is 8. The first-order chi connectivity index (χ1) is 34.6. The first-order valence-electron chi connectivity index (χ1n) is 23.5. The molecule has 72 heavy (non-hydrogen) atoms. The summed E-state index contributed by atoms with van der Waals surface area (Å²) in [6.07, 6.45) is 3.24. The maximum atomic E-state index is 13.9. The number of aliphatic hydroxyl groups excluding tert-OH is 1. The van der Waals surface area contributed by atoms with Crippen molar-refractivity contribution >= 4 is 74.9 Å². The molecule has 3 heterocycles. The summed E-state index contributed by atoms with van der Waals surface area (Å²) in [5, 5.41) is 28.0. The summed E-state index contributed by atoms with van der Waals surface area (Å²) in [7, 11) is 0. The van der Waals surface area contributed by atoms with Crippen molar-refractivity contribution < 1.29 is 52.8 Å². The van der Waals surface area contributed by atoms with Crippen molar-refractivity contribution in [2.45, 2.75) is 58.8 Å². The van der Waals surface area contributed by atoms with Crippen LogP contribution in [0.1, 0.15) is 38.4 Å². The lowest BCUT2D eigenvalue weighted by Crippen LogP contribution is -2.58. The molecule has 384 valence electrons. The smallest absolute Gasteiger partial charge is 0.323 e. The molecule has 1 aliphatic heterocycles. The van der Waals surface area contributed by atoms with Crippen molar-refractivity contribution in [3.8, 4) is 10.4 Å². The highest BCUT2D eigenvalue weighted by molar-refractivity contribution is 7.13. The number of nitrogens with zero attached hydrogens (tertiary/aromatic N) is 2. The number of likely N-dealkylation sites (tertiary alicyclic amines) is 1. The number of ether oxygens (including phenoxy) is 4. The van der Waals surface area contributed by atoms with E-state index >= 15 is 0 Å². The maximum absolute atomic E-state index is 13.9. The molecule has 1 fully saturated rings. The van der Waals surface area contributed by atoms with Gasteiger partial charge in [-0.3, -0.25) is 24.0 Å². The normalized spacial score (nSPS) is 15.0. The fraction of sp³-hybridized carbons (Fsp3) is 0.392. The number of aromatic amines is 1. The van der Waals surface area contributed by atoms with Gasteiger partial charge in [0, 0.05) is 72.4 Å². The van der Waals surface area contributed by atoms with Gasteiger partial charge in [-0.1, -0.05) is 45.0 Å². The van der Waals surface area contributed by atoms with Crippen LogP contribution in [0.5, 0.6) is 0 Å². The number of carbonyl (C=O) groups is 6. The molecule has 0 bridgehead atoms. The zero-order valence-corrected chi connectivity index (χ0v) is 41.6. The van der Waals surface area contributed by atoms with Crippen LogP contribution < -0.4 is 31.9 Å². The van der Waals surface area contributed by atoms with Crippen molar-refractivity contribution in [2.75, 3.05) is 81.9 Å². The number of aliphatic hydroxyl groups is 1. The number of thiazole rings is 1. The van der Waals surface area contributed by atoms with Crippen LogP contribution in [-0.4, -0.2) is 140 Å². The van der Waals surface area contributed by atoms with Crippen molar-refractivity contribution in [3.05, 3.63) is 108 Å². The lowest BCUT2D eigenvalue weighted by atomic mass is 9.85. The number of H-pyrrole nitrogens is 1. The number of carbonyl (C=O) groups excluding carboxylic acids is 6. The van der Waals surface area contributed by atoms with Gasteiger partial charge in [0.1, 0.15) is 18.7 Å². The van der Waals surface area contributed by atoms with E-state index in [-0.39, 0.29) is 71.6 Å². The summed E-state index contributed by atoms with van der Waals surface area (Å²) in [5.41, 5.74) is 6.56. The Kier molecular flexibility index (Phi) is 20.4. The third kappa shape index (κ3) is 17.1. The number of urea groups is 1. The van der Waals surface area contributed by atoms with Crippen molar-refractivity contribution in [3.63, 3.8) is 0 Å². The highest BCUT2D eigenvalue weighted by atomic mass is 32.1. The van der Waals surface area contributed by atoms with E-state index in [0.29, 0.717) is 30.3 Å². The van der Waals surface area contributed by atoms with Crippen LogP contribution in [0, 0.1) is 12.3 Å². The second-order valence-corrected chi connectivity index (χ2v) is 18.7. The second kappa shape index (κ2) is 27.0. The number of aryl methyl sites for hydroxylation is 1. The summed E-state index contributed by atoms with van der Waals surface area (Å²) in [6.45, 7) is 9.18. The SMILES string of the molecule is Cc1ncsc1-c1ccc(CNC(=O)[C@@H]2C[C@@H](O)CN2C(=O)[C@@H](NC(=O)COCCOCCOCCOCCNC(=O)/C=C/C(=O)Nc2ccc(NC(=O)Nc3ccc4[nH]ccc4c3)cc2)C(C)(C)C)cc1. The summed E-state index contributed by atoms with van der Waals surface area (Å²) in [5.74, 6) is -2.34. The molecule has 3 aromatic carbocycles. The predicted octanol–water partition coefficient (Wildman–Crippen LogP) is 4.73. The summed E-state index contributed by atoms with van der Waals surface area (Å²) >= 11 is 1.56. The van der Waals surface area contributed by atoms with Gasteiger partial charge in [-0.2, -0.15) is 0 Å². The van der Waals surface area contributed by atoms with Crippen LogP contribution in [0.2, 0.25) is 0 Å². The number of anilines is 3. The number of amides is 7. The molecule has 3 atom stereocenters. The predicted molar refractivity (Wildman–Crippen MR) is 273 cm³/mol. The molecule has 7 amide bonds. The number of rotatable bonds is 25. The molecule has 0 spiro atoms. The maximum Gasteiger partial charge on any atom is 0.323 e. The van der Waals surface area contributed by atoms with Crippen LogP contribution in [0.25, 0.3) is 21.3 Å². The Morgan fingerprint density at radius 2 is 1.42 bits per heavy atom. The third-order valence-corrected chi connectivity index (χ3v) is 12.2. The Morgan fingerprint density at radius 3 is 2.08 bits per heavy atom. The minimum absolute atomic E-state index is 0.0340. The number of nitrogens with one attached hydrogen (secondary N) is 7. The van der Waals surface area contributed by atoms with Gasteiger partial charge in [0.2, 0.25) is 29.5 Å². The number of hydrogen-bond acceptors (Lipinski definition) is 13. The van der Waals surface area contributed by atoms with Gasteiger partial charge < -0.3 is 65.8 Å². The van der Waals surface area contributed by atoms with Gasteiger partial charge in [-0.25, -0.2) is 9.78 Å². The van der Waals surface area contributed by atoms with Gasteiger partial charge in [0.15, 0.2) is 0 Å². The highest BCUT2D eigenvalue weighted by Gasteiger charge is 2.44. The van der Waals surface area contributed by atoms with Gasteiger partial charge in [-0.05, 0) is 72.0 Å². The third-order valence-electron chi connectivity index (χ3n) is 11.2. The zero-order valence-electron chi connectivity index (χ0n) is 40.8. The molecule has 1 aliphatic rings. The number of benzene rings is 3. The molecule has 0 unspecified atom stereocenters. The van der Waals surface area contributed by atoms with Crippen molar-refractivity contribution in [1.29, 1.82) is 0 Å². The number of fused-ring (bicyclic) bond motifs is 1. The van der Waals surface area contributed by atoms with Crippen LogP contribution in [-0.2, 0) is 49.5 Å². The summed E-state index contributed by atoms with van der Waals surface area (Å²) < 4.78 is 22.0. The zero-order chi connectivity index (χ0) is 51.5. The Hall–Kier alpha value is -7.01. The van der Waals surface area contributed by atoms with E-state index < -0.39 is 53.3 Å². The van der Waals surface area contributed by atoms with Gasteiger partial charge >= 0.3 is 6.03 Å². The lowest BCUT2D eigenvalue weighted by molar-refractivity contribution is -0.144. The minimum Gasteiger partial charge on any atom is -0.391 e. The molecular formula is C51H63N9O11S. The molecule has 0 saturated carbocycles. The number of aromatic nitrogens is 2. The highest BCUT2D eigenvalue weighted by Crippen LogP contribution is 2.28. The fourth-order valence-corrected chi connectivity index (χ4v) is 8.32. The molecule has 8 N–H and O–H groups in total. The Morgan fingerprint density at radius 1 is 0.792 bits per heavy atom. The molecule has 0 radical (unpaired) electrons. The standard InChI is InChI=1S/C51H63N9O11S/c1-33-46(72-32-55-33)35-7-5-34(6-8-35)29-54-48(65)42-28-40(61)30-60(42)49(66)47(51(2,3)4)59-45(64)31-71-26-25-70-24-23-69-22-21-68-20-19-53-43(62)15-16-44(63)56-37-9-11-38(12-10-37)57-50(67)58-39-13-14-41-36(27-39)17-18-52-41/h5-18,27,32,40,42,47,52,61H,19-26,28-31H2,1-4H3,(H,53,62)(H,54,65)(H,56,63)(H,59,64)(H2,57,58,67)/b16-15+/t40-,42+,47-/m1/s1. The van der Waals surface area contributed by atoms with E-state index in [1.54, 1.807) is 47.2 Å². The average molecular weight is 1010 g/mol. The van der Waals surface area contributed by atoms with E-state index in [1.165, 1.54) is 4.90 Å². The van der Waals surface area contributed by atoms with Crippen LogP contribution in [0.4, 0.5) is 21.9 Å². The summed E-state index contributed by atoms with van der Waals surface area (Å²) in [6, 6.07) is 19.5. The fourth-order valence-electron chi connectivity index (χ4n) is 7.51. The molecule has 1 saturated heterocycles. The first-order valence-corrected chi connectivity index (χ1v) is 24.4. The molecule has 20 nitrogen and oxygen atoms in total. The van der Waals surface area contributed by atoms with Crippen LogP contribution >= 0.6 is 11.3 Å². The first kappa shape index (κ1) is 54.3. The van der Waals surface area contributed by atoms with E-state index in [4.69, 9.17) is 18.9 Å². The molecule has 5 aromatic rings. The second-order valence-electron chi connectivity index (χ2n) is 17.9. The lowest BCUT2D eigenvalue weighted by Gasteiger charge is -2.35. The van der Waals surface area contributed by atoms with Crippen LogP contribution in [0.15, 0.2) is 96.7 Å². The Bertz CT molecular complexity index is 2630. The number of β-amino-alcohol motifs (C(OH)–C–C–N with tert-alkyl or cyclic N) is 1. The largest absolute Gasteiger partial charge is 0.391 e. The quantitative estimate of drug-likeness (QED) is 0.0292. The Balaban J connectivity index is 0.760. The monoisotopic (exact) mass is 1010 g/mol. The van der Waals surface area contributed by atoms with E-state index in [2.05, 4.69) is 41.9 Å². The molecule has 0 aliphatic carbocycles. The van der Waals surface area contributed by atoms with E-state index in [0.717, 1.165) is 44.8 Å². The topological polar surface area (TPSA) is 264 Å².